The summed E-state index contributed by atoms with van der Waals surface area (Å²) in [5, 5.41) is 0. The predicted molar refractivity (Wildman–Crippen MR) is 85.7 cm³/mol. The molecule has 0 aliphatic heterocycles. The van der Waals surface area contributed by atoms with Crippen molar-refractivity contribution in [2.24, 2.45) is 0 Å². The normalized spacial score (nSPS) is 11.7. The molecular weight excluding hydrogens is 242 g/mol. The Bertz CT molecular complexity index is 727. The zero-order valence-corrected chi connectivity index (χ0v) is 11.9. The minimum absolute atomic E-state index is 0.255. The van der Waals surface area contributed by atoms with E-state index >= 15 is 0 Å². The van der Waals surface area contributed by atoms with E-state index in [1.165, 1.54) is 0 Å². The molecule has 2 aromatic carbocycles. The number of aromatic nitrogens is 1. The van der Waals surface area contributed by atoms with Crippen molar-refractivity contribution >= 4 is 0 Å². The van der Waals surface area contributed by atoms with E-state index in [0.29, 0.717) is 6.17 Å². The van der Waals surface area contributed by atoms with Crippen molar-refractivity contribution in [3.8, 4) is 22.4 Å². The van der Waals surface area contributed by atoms with Crippen LogP contribution in [0.5, 0.6) is 0 Å². The molecule has 1 heteroatoms. The maximum absolute atomic E-state index is 8.55. The molecule has 0 amide bonds. The first-order valence-corrected chi connectivity index (χ1v) is 7.01. The average molecular weight is 262 g/mol. The molecule has 0 unspecified atom stereocenters. The summed E-state index contributed by atoms with van der Waals surface area (Å²) in [6.45, 7) is 4.25. The summed E-state index contributed by atoms with van der Waals surface area (Å²) < 4.78 is 10.6. The van der Waals surface area contributed by atoms with E-state index in [2.05, 4.69) is 48.7 Å². The van der Waals surface area contributed by atoms with Crippen LogP contribution in [0.4, 0.5) is 0 Å². The van der Waals surface area contributed by atoms with Crippen molar-refractivity contribution in [2.45, 2.75) is 19.9 Å². The molecule has 0 spiro atoms. The highest BCUT2D eigenvalue weighted by molar-refractivity contribution is 5.72. The molecule has 1 aromatic heterocycles. The van der Waals surface area contributed by atoms with Crippen molar-refractivity contribution in [3.05, 3.63) is 72.9 Å². The summed E-state index contributed by atoms with van der Waals surface area (Å²) in [6.07, 6.45) is 0.579. The molecule has 100 valence electrons. The van der Waals surface area contributed by atoms with Crippen LogP contribution < -0.4 is 0 Å². The van der Waals surface area contributed by atoms with Gasteiger partial charge in [-0.2, -0.15) is 0 Å². The Kier molecular flexibility index (Phi) is 3.10. The molecule has 0 saturated heterocycles. The molecule has 0 atom stereocenters. The van der Waals surface area contributed by atoms with Gasteiger partial charge in [-0.1, -0.05) is 60.7 Å². The molecule has 0 aliphatic rings. The van der Waals surface area contributed by atoms with E-state index in [0.717, 1.165) is 22.4 Å². The largest absolute Gasteiger partial charge is 0.344 e. The van der Waals surface area contributed by atoms with E-state index in [9.17, 15) is 0 Å². The lowest BCUT2D eigenvalue weighted by atomic mass is 10.1. The molecule has 0 aliphatic carbocycles. The van der Waals surface area contributed by atoms with Crippen molar-refractivity contribution in [1.29, 1.82) is 0 Å². The second-order valence-corrected chi connectivity index (χ2v) is 5.25. The van der Waals surface area contributed by atoms with Gasteiger partial charge in [0.25, 0.3) is 0 Å². The first-order chi connectivity index (χ1) is 10.2. The monoisotopic (exact) mass is 262 g/mol. The topological polar surface area (TPSA) is 4.93 Å². The van der Waals surface area contributed by atoms with Crippen LogP contribution in [0.25, 0.3) is 22.4 Å². The Balaban J connectivity index is 2.22. The Morgan fingerprint density at radius 1 is 0.800 bits per heavy atom. The van der Waals surface area contributed by atoms with Gasteiger partial charge >= 0.3 is 0 Å². The predicted octanol–water partition coefficient (Wildman–Crippen LogP) is 5.40. The summed E-state index contributed by atoms with van der Waals surface area (Å²) in [6, 6.07) is 22.9. The quantitative estimate of drug-likeness (QED) is 0.595. The molecule has 20 heavy (non-hydrogen) atoms. The van der Waals surface area contributed by atoms with E-state index in [4.69, 9.17) is 1.37 Å². The number of benzene rings is 2. The Hall–Kier alpha value is -2.28. The zero-order chi connectivity index (χ0) is 14.8. The fourth-order valence-electron chi connectivity index (χ4n) is 2.43. The Morgan fingerprint density at radius 3 is 1.90 bits per heavy atom. The van der Waals surface area contributed by atoms with Gasteiger partial charge < -0.3 is 4.57 Å². The van der Waals surface area contributed by atoms with Gasteiger partial charge in [0.15, 0.2) is 0 Å². The van der Waals surface area contributed by atoms with E-state index in [-0.39, 0.29) is 6.04 Å². The number of nitrogens with zero attached hydrogens (tertiary/aromatic N) is 1. The van der Waals surface area contributed by atoms with Gasteiger partial charge in [0, 0.05) is 17.9 Å². The van der Waals surface area contributed by atoms with Gasteiger partial charge in [0.2, 0.25) is 0 Å². The number of hydrogen-bond donors (Lipinski definition) is 0. The lowest BCUT2D eigenvalue weighted by Crippen LogP contribution is -2.00. The fourth-order valence-corrected chi connectivity index (χ4v) is 2.43. The Labute approximate surface area is 121 Å². The molecule has 3 rings (SSSR count). The molecule has 0 fully saturated rings. The molecule has 0 bridgehead atoms. The van der Waals surface area contributed by atoms with Crippen molar-refractivity contribution < 1.29 is 1.37 Å². The van der Waals surface area contributed by atoms with E-state index in [1.807, 2.05) is 36.4 Å². The highest BCUT2D eigenvalue weighted by Gasteiger charge is 2.11. The maximum Gasteiger partial charge on any atom is 0.0825 e. The molecule has 0 radical (unpaired) electrons. The van der Waals surface area contributed by atoms with Crippen molar-refractivity contribution in [3.63, 3.8) is 0 Å². The third-order valence-electron chi connectivity index (χ3n) is 3.45. The zero-order valence-electron chi connectivity index (χ0n) is 12.9. The van der Waals surface area contributed by atoms with Crippen LogP contribution in [0.1, 0.15) is 21.3 Å². The van der Waals surface area contributed by atoms with Crippen molar-refractivity contribution in [1.82, 2.24) is 4.57 Å². The van der Waals surface area contributed by atoms with Crippen LogP contribution in [0.15, 0.2) is 72.9 Å². The first kappa shape index (κ1) is 11.5. The highest BCUT2D eigenvalue weighted by atomic mass is 15.0. The van der Waals surface area contributed by atoms with Gasteiger partial charge in [0.1, 0.15) is 0 Å². The van der Waals surface area contributed by atoms with Crippen LogP contribution >= 0.6 is 0 Å². The highest BCUT2D eigenvalue weighted by Crippen LogP contribution is 2.30. The molecular formula is C19H19N. The van der Waals surface area contributed by atoms with Crippen LogP contribution in [-0.2, 0) is 0 Å². The minimum atomic E-state index is 0.255. The first-order valence-electron chi connectivity index (χ1n) is 7.51. The second-order valence-electron chi connectivity index (χ2n) is 5.25. The van der Waals surface area contributed by atoms with Crippen LogP contribution in [-0.4, -0.2) is 4.57 Å². The summed E-state index contributed by atoms with van der Waals surface area (Å²) in [4.78, 5) is 0. The summed E-state index contributed by atoms with van der Waals surface area (Å²) in [5.74, 6) is 0. The smallest absolute Gasteiger partial charge is 0.0825 e. The van der Waals surface area contributed by atoms with Crippen LogP contribution in [0.3, 0.4) is 0 Å². The van der Waals surface area contributed by atoms with E-state index in [1.54, 1.807) is 0 Å². The number of rotatable bonds is 3. The molecule has 0 saturated carbocycles. The summed E-state index contributed by atoms with van der Waals surface area (Å²) >= 11 is 0. The van der Waals surface area contributed by atoms with Gasteiger partial charge in [-0.25, -0.2) is 0 Å². The van der Waals surface area contributed by atoms with Gasteiger partial charge in [0.05, 0.1) is 1.37 Å². The fraction of sp³-hybridized carbons (Fsp3) is 0.158. The number of hydrogen-bond acceptors (Lipinski definition) is 0. The Morgan fingerprint density at radius 2 is 1.35 bits per heavy atom. The maximum atomic E-state index is 8.55. The third-order valence-corrected chi connectivity index (χ3v) is 3.45. The summed E-state index contributed by atoms with van der Waals surface area (Å²) in [7, 11) is 0. The molecule has 1 nitrogen and oxygen atoms in total. The lowest BCUT2D eigenvalue weighted by Gasteiger charge is -2.12. The molecule has 3 aromatic rings. The standard InChI is InChI=1S/C19H19N/c1-15(2)20-14-18(16-9-5-3-6-10-16)13-19(20)17-11-7-4-8-12-17/h3-15H,1-2H3/i14D. The molecule has 1 heterocycles. The average Bonchev–Trinajstić information content (AvgIpc) is 2.87. The van der Waals surface area contributed by atoms with Crippen molar-refractivity contribution in [2.75, 3.05) is 0 Å². The van der Waals surface area contributed by atoms with Gasteiger partial charge in [-0.3, -0.25) is 0 Å². The van der Waals surface area contributed by atoms with E-state index < -0.39 is 0 Å². The van der Waals surface area contributed by atoms with Crippen LogP contribution in [0.2, 0.25) is 0 Å². The van der Waals surface area contributed by atoms with Gasteiger partial charge in [-0.15, -0.1) is 0 Å². The minimum Gasteiger partial charge on any atom is -0.344 e. The SMILES string of the molecule is [2H]c1c(-c2ccccc2)cc(-c2ccccc2)n1C(C)C. The summed E-state index contributed by atoms with van der Waals surface area (Å²) in [5.41, 5.74) is 4.35. The van der Waals surface area contributed by atoms with Crippen LogP contribution in [0, 0.1) is 0 Å². The molecule has 0 N–H and O–H groups in total. The third kappa shape index (κ3) is 2.39. The lowest BCUT2D eigenvalue weighted by molar-refractivity contribution is 0.610. The second kappa shape index (κ2) is 5.38. The van der Waals surface area contributed by atoms with Gasteiger partial charge in [-0.05, 0) is 36.6 Å².